The van der Waals surface area contributed by atoms with Crippen molar-refractivity contribution < 1.29 is 0 Å². The summed E-state index contributed by atoms with van der Waals surface area (Å²) in [5.74, 6) is 1.84. The lowest BCUT2D eigenvalue weighted by atomic mass is 9.77. The maximum Gasteiger partial charge on any atom is 0.0940 e. The zero-order chi connectivity index (χ0) is 12.1. The van der Waals surface area contributed by atoms with E-state index < -0.39 is 0 Å². The lowest BCUT2D eigenvalue weighted by molar-refractivity contribution is 0.222. The van der Waals surface area contributed by atoms with E-state index in [9.17, 15) is 0 Å². The molecule has 1 fully saturated rings. The standard InChI is InChI=1S/C14H24N2S/c1-3-11-4-6-12(7-5-11)13(15-2)10-14-16-8-9-17-14/h8-9,11-13,15H,3-7,10H2,1-2H3. The van der Waals surface area contributed by atoms with Crippen LogP contribution in [0.15, 0.2) is 11.6 Å². The quantitative estimate of drug-likeness (QED) is 0.867. The van der Waals surface area contributed by atoms with Crippen molar-refractivity contribution in [3.63, 3.8) is 0 Å². The number of hydrogen-bond acceptors (Lipinski definition) is 3. The highest BCUT2D eigenvalue weighted by atomic mass is 32.1. The lowest BCUT2D eigenvalue weighted by Gasteiger charge is -2.33. The molecule has 3 heteroatoms. The molecule has 2 rings (SSSR count). The Bertz CT molecular complexity index is 302. The summed E-state index contributed by atoms with van der Waals surface area (Å²) < 4.78 is 0. The van der Waals surface area contributed by atoms with E-state index in [1.165, 1.54) is 37.1 Å². The van der Waals surface area contributed by atoms with Gasteiger partial charge >= 0.3 is 0 Å². The Morgan fingerprint density at radius 3 is 2.71 bits per heavy atom. The van der Waals surface area contributed by atoms with E-state index in [-0.39, 0.29) is 0 Å². The number of nitrogens with one attached hydrogen (secondary N) is 1. The van der Waals surface area contributed by atoms with Crippen molar-refractivity contribution in [2.45, 2.75) is 51.5 Å². The molecule has 0 bridgehead atoms. The second-order valence-corrected chi connectivity index (χ2v) is 6.19. The smallest absolute Gasteiger partial charge is 0.0940 e. The van der Waals surface area contributed by atoms with Gasteiger partial charge in [0.05, 0.1) is 5.01 Å². The Morgan fingerprint density at radius 2 is 2.18 bits per heavy atom. The number of likely N-dealkylation sites (N-methyl/N-ethyl adjacent to an activating group) is 1. The summed E-state index contributed by atoms with van der Waals surface area (Å²) in [7, 11) is 2.10. The van der Waals surface area contributed by atoms with E-state index in [1.807, 2.05) is 6.20 Å². The molecule has 1 aliphatic carbocycles. The van der Waals surface area contributed by atoms with Crippen LogP contribution in [-0.4, -0.2) is 18.1 Å². The van der Waals surface area contributed by atoms with Gasteiger partial charge in [-0.3, -0.25) is 0 Å². The summed E-state index contributed by atoms with van der Waals surface area (Å²) in [5, 5.41) is 6.87. The minimum atomic E-state index is 0.624. The van der Waals surface area contributed by atoms with Gasteiger partial charge < -0.3 is 5.32 Å². The van der Waals surface area contributed by atoms with Crippen LogP contribution in [0, 0.1) is 11.8 Å². The third kappa shape index (κ3) is 3.52. The van der Waals surface area contributed by atoms with Gasteiger partial charge in [0.25, 0.3) is 0 Å². The molecule has 0 radical (unpaired) electrons. The molecule has 1 atom stereocenters. The first kappa shape index (κ1) is 13.0. The first-order chi connectivity index (χ1) is 8.33. The molecule has 96 valence electrons. The molecule has 1 aromatic heterocycles. The lowest BCUT2D eigenvalue weighted by Crippen LogP contribution is -2.37. The van der Waals surface area contributed by atoms with E-state index in [0.717, 1.165) is 18.3 Å². The van der Waals surface area contributed by atoms with E-state index >= 15 is 0 Å². The summed E-state index contributed by atoms with van der Waals surface area (Å²) in [5.41, 5.74) is 0. The van der Waals surface area contributed by atoms with Gasteiger partial charge in [0.2, 0.25) is 0 Å². The van der Waals surface area contributed by atoms with Gasteiger partial charge in [0.15, 0.2) is 0 Å². The van der Waals surface area contributed by atoms with Gasteiger partial charge in [-0.1, -0.05) is 26.2 Å². The van der Waals surface area contributed by atoms with Gasteiger partial charge in [0, 0.05) is 24.0 Å². The molecule has 17 heavy (non-hydrogen) atoms. The van der Waals surface area contributed by atoms with Gasteiger partial charge in [0.1, 0.15) is 0 Å². The predicted molar refractivity (Wildman–Crippen MR) is 74.4 cm³/mol. The molecular weight excluding hydrogens is 228 g/mol. The molecule has 0 aromatic carbocycles. The Balaban J connectivity index is 1.86. The third-order valence-electron chi connectivity index (χ3n) is 4.29. The second kappa shape index (κ2) is 6.50. The van der Waals surface area contributed by atoms with Gasteiger partial charge in [-0.15, -0.1) is 11.3 Å². The van der Waals surface area contributed by atoms with Crippen LogP contribution in [0.1, 0.15) is 44.0 Å². The molecule has 1 saturated carbocycles. The zero-order valence-corrected chi connectivity index (χ0v) is 11.8. The molecule has 1 aromatic rings. The van der Waals surface area contributed by atoms with Gasteiger partial charge in [-0.25, -0.2) is 4.98 Å². The average Bonchev–Trinajstić information content (AvgIpc) is 2.89. The Kier molecular flexibility index (Phi) is 4.99. The van der Waals surface area contributed by atoms with E-state index in [0.29, 0.717) is 6.04 Å². The summed E-state index contributed by atoms with van der Waals surface area (Å²) in [6.07, 6.45) is 10.0. The van der Waals surface area contributed by atoms with Crippen molar-refractivity contribution >= 4 is 11.3 Å². The largest absolute Gasteiger partial charge is 0.316 e. The molecule has 1 N–H and O–H groups in total. The summed E-state index contributed by atoms with van der Waals surface area (Å²) in [4.78, 5) is 4.41. The molecule has 1 aliphatic rings. The predicted octanol–water partition coefficient (Wildman–Crippen LogP) is 3.49. The van der Waals surface area contributed by atoms with Crippen molar-refractivity contribution in [1.29, 1.82) is 0 Å². The molecule has 1 heterocycles. The molecular formula is C14H24N2S. The third-order valence-corrected chi connectivity index (χ3v) is 5.09. The minimum Gasteiger partial charge on any atom is -0.316 e. The zero-order valence-electron chi connectivity index (χ0n) is 11.0. The highest BCUT2D eigenvalue weighted by molar-refractivity contribution is 7.09. The molecule has 1 unspecified atom stereocenters. The average molecular weight is 252 g/mol. The fourth-order valence-corrected chi connectivity index (χ4v) is 3.72. The Hall–Kier alpha value is -0.410. The van der Waals surface area contributed by atoms with Crippen LogP contribution in [0.3, 0.4) is 0 Å². The topological polar surface area (TPSA) is 24.9 Å². The van der Waals surface area contributed by atoms with E-state index in [1.54, 1.807) is 11.3 Å². The first-order valence-electron chi connectivity index (χ1n) is 6.89. The molecule has 0 amide bonds. The summed E-state index contributed by atoms with van der Waals surface area (Å²) in [6.45, 7) is 2.33. The van der Waals surface area contributed by atoms with Crippen LogP contribution < -0.4 is 5.32 Å². The van der Waals surface area contributed by atoms with Crippen LogP contribution in [0.2, 0.25) is 0 Å². The van der Waals surface area contributed by atoms with Crippen LogP contribution >= 0.6 is 11.3 Å². The number of aromatic nitrogens is 1. The van der Waals surface area contributed by atoms with E-state index in [4.69, 9.17) is 0 Å². The van der Waals surface area contributed by atoms with Crippen molar-refractivity contribution in [3.8, 4) is 0 Å². The van der Waals surface area contributed by atoms with Crippen molar-refractivity contribution in [1.82, 2.24) is 10.3 Å². The van der Waals surface area contributed by atoms with Crippen molar-refractivity contribution in [2.75, 3.05) is 7.05 Å². The van der Waals surface area contributed by atoms with Crippen LogP contribution in [-0.2, 0) is 6.42 Å². The Morgan fingerprint density at radius 1 is 1.41 bits per heavy atom. The SMILES string of the molecule is CCC1CCC(C(Cc2nccs2)NC)CC1. The number of nitrogens with zero attached hydrogens (tertiary/aromatic N) is 1. The highest BCUT2D eigenvalue weighted by Gasteiger charge is 2.26. The van der Waals surface area contributed by atoms with E-state index in [2.05, 4.69) is 29.7 Å². The molecule has 0 aliphatic heterocycles. The van der Waals surface area contributed by atoms with Crippen LogP contribution in [0.5, 0.6) is 0 Å². The summed E-state index contributed by atoms with van der Waals surface area (Å²) in [6, 6.07) is 0.624. The maximum atomic E-state index is 4.41. The minimum absolute atomic E-state index is 0.624. The fraction of sp³-hybridized carbons (Fsp3) is 0.786. The van der Waals surface area contributed by atoms with Crippen LogP contribution in [0.25, 0.3) is 0 Å². The summed E-state index contributed by atoms with van der Waals surface area (Å²) >= 11 is 1.78. The molecule has 2 nitrogen and oxygen atoms in total. The van der Waals surface area contributed by atoms with Crippen molar-refractivity contribution in [2.24, 2.45) is 11.8 Å². The Labute approximate surface area is 109 Å². The van der Waals surface area contributed by atoms with Gasteiger partial charge in [-0.2, -0.15) is 0 Å². The monoisotopic (exact) mass is 252 g/mol. The number of rotatable bonds is 5. The maximum absolute atomic E-state index is 4.41. The molecule has 0 saturated heterocycles. The van der Waals surface area contributed by atoms with Gasteiger partial charge in [-0.05, 0) is 31.7 Å². The van der Waals surface area contributed by atoms with Crippen LogP contribution in [0.4, 0.5) is 0 Å². The second-order valence-electron chi connectivity index (χ2n) is 5.21. The van der Waals surface area contributed by atoms with Crippen molar-refractivity contribution in [3.05, 3.63) is 16.6 Å². The fourth-order valence-electron chi connectivity index (χ4n) is 3.05. The number of thiazole rings is 1. The molecule has 0 spiro atoms. The normalized spacial score (nSPS) is 26.9. The highest BCUT2D eigenvalue weighted by Crippen LogP contribution is 2.33. The number of hydrogen-bond donors (Lipinski definition) is 1. The first-order valence-corrected chi connectivity index (χ1v) is 7.77.